The summed E-state index contributed by atoms with van der Waals surface area (Å²) in [6.07, 6.45) is 0. The Balaban J connectivity index is 1.65. The summed E-state index contributed by atoms with van der Waals surface area (Å²) in [4.78, 5) is 23.1. The minimum Gasteiger partial charge on any atom is -0.497 e. The molecule has 3 aromatic rings. The van der Waals surface area contributed by atoms with Crippen LogP contribution in [0.4, 0.5) is 11.6 Å². The zero-order valence-corrected chi connectivity index (χ0v) is 16.6. The second kappa shape index (κ2) is 8.52. The molecule has 1 amide bonds. The van der Waals surface area contributed by atoms with Gasteiger partial charge in [0.05, 0.1) is 7.11 Å². The lowest BCUT2D eigenvalue weighted by Crippen LogP contribution is -2.26. The number of aromatic nitrogens is 2. The summed E-state index contributed by atoms with van der Waals surface area (Å²) in [6.45, 7) is 4.39. The highest BCUT2D eigenvalue weighted by atomic mass is 16.5. The van der Waals surface area contributed by atoms with Crippen molar-refractivity contribution in [2.75, 3.05) is 19.5 Å². The number of benzene rings is 2. The summed E-state index contributed by atoms with van der Waals surface area (Å²) < 4.78 is 5.16. The van der Waals surface area contributed by atoms with Crippen molar-refractivity contribution in [3.05, 3.63) is 77.1 Å². The number of hydrogen-bond acceptors (Lipinski definition) is 5. The number of carbonyl (C=O) groups is 1. The van der Waals surface area contributed by atoms with Crippen molar-refractivity contribution in [3.8, 4) is 5.75 Å². The molecule has 0 saturated carbocycles. The summed E-state index contributed by atoms with van der Waals surface area (Å²) in [5.74, 6) is 1.31. The van der Waals surface area contributed by atoms with E-state index in [2.05, 4.69) is 15.3 Å². The summed E-state index contributed by atoms with van der Waals surface area (Å²) in [7, 11) is 3.43. The van der Waals surface area contributed by atoms with Crippen LogP contribution in [0.1, 0.15) is 27.3 Å². The van der Waals surface area contributed by atoms with Gasteiger partial charge in [-0.25, -0.2) is 9.97 Å². The molecule has 0 atom stereocenters. The molecule has 0 aliphatic rings. The fraction of sp³-hybridized carbons (Fsp3) is 0.227. The molecule has 0 bridgehead atoms. The van der Waals surface area contributed by atoms with E-state index in [1.165, 1.54) is 0 Å². The molecule has 0 saturated heterocycles. The van der Waals surface area contributed by atoms with E-state index < -0.39 is 0 Å². The zero-order valence-electron chi connectivity index (χ0n) is 16.6. The Hall–Kier alpha value is -3.41. The molecule has 6 heteroatoms. The molecule has 0 fully saturated rings. The smallest absolute Gasteiger partial charge is 0.253 e. The predicted molar refractivity (Wildman–Crippen MR) is 110 cm³/mol. The van der Waals surface area contributed by atoms with Gasteiger partial charge in [0.25, 0.3) is 5.91 Å². The maximum atomic E-state index is 12.7. The molecule has 0 spiro atoms. The molecular formula is C22H24N4O2. The standard InChI is InChI=1S/C22H24N4O2/c1-15-13-16(2)24-22(23-15)25-19-9-7-18(8-10-19)21(27)26(3)14-17-5-11-20(28-4)12-6-17/h5-13H,14H2,1-4H3,(H,23,24,25). The van der Waals surface area contributed by atoms with Crippen LogP contribution in [0.3, 0.4) is 0 Å². The van der Waals surface area contributed by atoms with Crippen LogP contribution >= 0.6 is 0 Å². The molecule has 0 radical (unpaired) electrons. The van der Waals surface area contributed by atoms with Crippen LogP contribution < -0.4 is 10.1 Å². The van der Waals surface area contributed by atoms with E-state index in [4.69, 9.17) is 4.74 Å². The summed E-state index contributed by atoms with van der Waals surface area (Å²) >= 11 is 0. The summed E-state index contributed by atoms with van der Waals surface area (Å²) in [5.41, 5.74) is 4.31. The fourth-order valence-electron chi connectivity index (χ4n) is 2.90. The lowest BCUT2D eigenvalue weighted by atomic mass is 10.1. The summed E-state index contributed by atoms with van der Waals surface area (Å²) in [6, 6.07) is 16.9. The van der Waals surface area contributed by atoms with Gasteiger partial charge in [0.1, 0.15) is 5.75 Å². The highest BCUT2D eigenvalue weighted by Crippen LogP contribution is 2.17. The number of aryl methyl sites for hydroxylation is 2. The Morgan fingerprint density at radius 1 is 1.00 bits per heavy atom. The number of rotatable bonds is 6. The second-order valence-corrected chi connectivity index (χ2v) is 6.69. The SMILES string of the molecule is COc1ccc(CN(C)C(=O)c2ccc(Nc3nc(C)cc(C)n3)cc2)cc1. The van der Waals surface area contributed by atoms with Gasteiger partial charge < -0.3 is 15.0 Å². The van der Waals surface area contributed by atoms with E-state index in [0.717, 1.165) is 28.4 Å². The molecular weight excluding hydrogens is 352 g/mol. The van der Waals surface area contributed by atoms with Crippen molar-refractivity contribution >= 4 is 17.5 Å². The highest BCUT2D eigenvalue weighted by molar-refractivity contribution is 5.94. The first-order valence-corrected chi connectivity index (χ1v) is 9.02. The monoisotopic (exact) mass is 376 g/mol. The molecule has 1 N–H and O–H groups in total. The van der Waals surface area contributed by atoms with Crippen molar-refractivity contribution in [2.45, 2.75) is 20.4 Å². The Kier molecular flexibility index (Phi) is 5.89. The fourth-order valence-corrected chi connectivity index (χ4v) is 2.90. The van der Waals surface area contributed by atoms with Gasteiger partial charge in [-0.3, -0.25) is 4.79 Å². The first-order chi connectivity index (χ1) is 13.4. The van der Waals surface area contributed by atoms with Crippen molar-refractivity contribution < 1.29 is 9.53 Å². The average Bonchev–Trinajstić information content (AvgIpc) is 2.68. The minimum atomic E-state index is -0.0370. The van der Waals surface area contributed by atoms with Gasteiger partial charge in [0, 0.05) is 36.2 Å². The quantitative estimate of drug-likeness (QED) is 0.701. The molecule has 0 aliphatic carbocycles. The zero-order chi connectivity index (χ0) is 20.1. The van der Waals surface area contributed by atoms with Crippen LogP contribution in [0, 0.1) is 13.8 Å². The van der Waals surface area contributed by atoms with Crippen molar-refractivity contribution in [2.24, 2.45) is 0 Å². The highest BCUT2D eigenvalue weighted by Gasteiger charge is 2.12. The third-order valence-electron chi connectivity index (χ3n) is 4.30. The van der Waals surface area contributed by atoms with E-state index >= 15 is 0 Å². The molecule has 1 heterocycles. The van der Waals surface area contributed by atoms with E-state index in [1.54, 1.807) is 31.2 Å². The molecule has 144 valence electrons. The van der Waals surface area contributed by atoms with E-state index in [9.17, 15) is 4.79 Å². The number of amides is 1. The lowest BCUT2D eigenvalue weighted by molar-refractivity contribution is 0.0785. The van der Waals surface area contributed by atoms with E-state index in [1.807, 2.05) is 56.3 Å². The predicted octanol–water partition coefficient (Wildman–Crippen LogP) is 4.12. The topological polar surface area (TPSA) is 67.3 Å². The van der Waals surface area contributed by atoms with Crippen molar-refractivity contribution in [1.29, 1.82) is 0 Å². The maximum Gasteiger partial charge on any atom is 0.253 e. The number of anilines is 2. The largest absolute Gasteiger partial charge is 0.497 e. The first kappa shape index (κ1) is 19.4. The van der Waals surface area contributed by atoms with Crippen LogP contribution in [-0.2, 0) is 6.54 Å². The molecule has 1 aromatic heterocycles. The molecule has 0 unspecified atom stereocenters. The minimum absolute atomic E-state index is 0.0370. The van der Waals surface area contributed by atoms with Gasteiger partial charge in [-0.15, -0.1) is 0 Å². The Bertz CT molecular complexity index is 933. The third kappa shape index (κ3) is 4.85. The van der Waals surface area contributed by atoms with Gasteiger partial charge in [0.2, 0.25) is 5.95 Å². The lowest BCUT2D eigenvalue weighted by Gasteiger charge is -2.18. The Morgan fingerprint density at radius 3 is 2.18 bits per heavy atom. The van der Waals surface area contributed by atoms with Gasteiger partial charge in [-0.05, 0) is 61.9 Å². The number of methoxy groups -OCH3 is 1. The number of carbonyl (C=O) groups excluding carboxylic acids is 1. The van der Waals surface area contributed by atoms with Crippen molar-refractivity contribution in [1.82, 2.24) is 14.9 Å². The molecule has 0 aliphatic heterocycles. The van der Waals surface area contributed by atoms with Crippen LogP contribution in [0.2, 0.25) is 0 Å². The molecule has 28 heavy (non-hydrogen) atoms. The third-order valence-corrected chi connectivity index (χ3v) is 4.30. The van der Waals surface area contributed by atoms with Crippen LogP contribution in [-0.4, -0.2) is 34.9 Å². The maximum absolute atomic E-state index is 12.7. The average molecular weight is 376 g/mol. The molecule has 3 rings (SSSR count). The normalized spacial score (nSPS) is 10.4. The molecule has 6 nitrogen and oxygen atoms in total. The van der Waals surface area contributed by atoms with E-state index in [-0.39, 0.29) is 5.91 Å². The number of nitrogens with zero attached hydrogens (tertiary/aromatic N) is 3. The van der Waals surface area contributed by atoms with Gasteiger partial charge in [-0.2, -0.15) is 0 Å². The van der Waals surface area contributed by atoms with Crippen LogP contribution in [0.5, 0.6) is 5.75 Å². The Labute approximate surface area is 165 Å². The Morgan fingerprint density at radius 2 is 1.61 bits per heavy atom. The van der Waals surface area contributed by atoms with Crippen molar-refractivity contribution in [3.63, 3.8) is 0 Å². The molecule has 2 aromatic carbocycles. The van der Waals surface area contributed by atoms with Gasteiger partial charge >= 0.3 is 0 Å². The van der Waals surface area contributed by atoms with E-state index in [0.29, 0.717) is 18.1 Å². The summed E-state index contributed by atoms with van der Waals surface area (Å²) in [5, 5.41) is 3.17. The second-order valence-electron chi connectivity index (χ2n) is 6.69. The number of nitrogens with one attached hydrogen (secondary N) is 1. The van der Waals surface area contributed by atoms with Gasteiger partial charge in [-0.1, -0.05) is 12.1 Å². The van der Waals surface area contributed by atoms with Crippen LogP contribution in [0.25, 0.3) is 0 Å². The van der Waals surface area contributed by atoms with Crippen LogP contribution in [0.15, 0.2) is 54.6 Å². The van der Waals surface area contributed by atoms with Gasteiger partial charge in [0.15, 0.2) is 0 Å². The first-order valence-electron chi connectivity index (χ1n) is 9.02. The number of hydrogen-bond donors (Lipinski definition) is 1. The number of ether oxygens (including phenoxy) is 1.